The zero-order valence-corrected chi connectivity index (χ0v) is 18.9. The van der Waals surface area contributed by atoms with Crippen LogP contribution in [0.1, 0.15) is 19.4 Å². The van der Waals surface area contributed by atoms with Gasteiger partial charge in [-0.25, -0.2) is 0 Å². The summed E-state index contributed by atoms with van der Waals surface area (Å²) in [5.41, 5.74) is 0.865. The molecule has 5 nitrogen and oxygen atoms in total. The van der Waals surface area contributed by atoms with Crippen molar-refractivity contribution >= 4 is 41.7 Å². The van der Waals surface area contributed by atoms with Crippen molar-refractivity contribution in [3.63, 3.8) is 0 Å². The molecule has 0 heterocycles. The molecule has 0 saturated heterocycles. The molecule has 1 aromatic rings. The van der Waals surface area contributed by atoms with E-state index in [9.17, 15) is 8.78 Å². The standard InChI is InChI=1S/C17H27F2N3O2S.HI/c1-17(2,25-5)11-22-16(20-3)21-9-8-12-6-7-13(23-4)14(10-12)24-15(18)19;/h6-7,10,15H,8-9,11H2,1-5H3,(H2,20,21,22);1H. The highest BCUT2D eigenvalue weighted by atomic mass is 127. The number of hydrogen-bond donors (Lipinski definition) is 2. The molecule has 0 aliphatic heterocycles. The Kier molecular flexibility index (Phi) is 12.0. The van der Waals surface area contributed by atoms with Crippen LogP contribution < -0.4 is 20.1 Å². The van der Waals surface area contributed by atoms with Crippen molar-refractivity contribution < 1.29 is 18.3 Å². The molecule has 0 spiro atoms. The summed E-state index contributed by atoms with van der Waals surface area (Å²) in [5, 5.41) is 6.49. The van der Waals surface area contributed by atoms with Gasteiger partial charge in [0.25, 0.3) is 0 Å². The van der Waals surface area contributed by atoms with Gasteiger partial charge in [-0.15, -0.1) is 24.0 Å². The van der Waals surface area contributed by atoms with Crippen molar-refractivity contribution in [1.29, 1.82) is 0 Å². The fourth-order valence-corrected chi connectivity index (χ4v) is 2.20. The Morgan fingerprint density at radius 1 is 1.27 bits per heavy atom. The van der Waals surface area contributed by atoms with Gasteiger partial charge in [0.05, 0.1) is 7.11 Å². The molecule has 9 heteroatoms. The van der Waals surface area contributed by atoms with Crippen molar-refractivity contribution in [2.75, 3.05) is 33.5 Å². The van der Waals surface area contributed by atoms with Crippen molar-refractivity contribution in [2.24, 2.45) is 4.99 Å². The molecule has 0 bridgehead atoms. The molecule has 0 amide bonds. The smallest absolute Gasteiger partial charge is 0.387 e. The second-order valence-electron chi connectivity index (χ2n) is 5.93. The first-order valence-electron chi connectivity index (χ1n) is 7.92. The molecule has 150 valence electrons. The average Bonchev–Trinajstić information content (AvgIpc) is 2.57. The quantitative estimate of drug-likeness (QED) is 0.306. The van der Waals surface area contributed by atoms with Crippen LogP contribution >= 0.6 is 35.7 Å². The van der Waals surface area contributed by atoms with Gasteiger partial charge in [0.1, 0.15) is 0 Å². The van der Waals surface area contributed by atoms with Gasteiger partial charge in [-0.2, -0.15) is 20.5 Å². The van der Waals surface area contributed by atoms with Gasteiger partial charge in [0, 0.05) is 24.9 Å². The summed E-state index contributed by atoms with van der Waals surface area (Å²) in [6.07, 6.45) is 2.71. The van der Waals surface area contributed by atoms with Gasteiger partial charge < -0.3 is 20.1 Å². The van der Waals surface area contributed by atoms with E-state index in [1.165, 1.54) is 7.11 Å². The topological polar surface area (TPSA) is 54.9 Å². The fourth-order valence-electron chi connectivity index (χ4n) is 1.98. The highest BCUT2D eigenvalue weighted by Gasteiger charge is 2.16. The molecule has 0 radical (unpaired) electrons. The van der Waals surface area contributed by atoms with E-state index in [1.54, 1.807) is 30.9 Å². The van der Waals surface area contributed by atoms with Gasteiger partial charge in [-0.3, -0.25) is 4.99 Å². The Balaban J connectivity index is 0.00000625. The predicted molar refractivity (Wildman–Crippen MR) is 116 cm³/mol. The summed E-state index contributed by atoms with van der Waals surface area (Å²) in [7, 11) is 3.13. The fraction of sp³-hybridized carbons (Fsp3) is 0.588. The van der Waals surface area contributed by atoms with Crippen LogP contribution in [-0.2, 0) is 6.42 Å². The third kappa shape index (κ3) is 9.11. The van der Waals surface area contributed by atoms with Crippen LogP contribution in [0.4, 0.5) is 8.78 Å². The Bertz CT molecular complexity index is 575. The molecular formula is C17H28F2IN3O2S. The average molecular weight is 503 g/mol. The lowest BCUT2D eigenvalue weighted by Gasteiger charge is -2.23. The number of methoxy groups -OCH3 is 1. The largest absolute Gasteiger partial charge is 0.493 e. The molecule has 0 aliphatic rings. The van der Waals surface area contributed by atoms with E-state index in [1.807, 2.05) is 6.07 Å². The lowest BCUT2D eigenvalue weighted by molar-refractivity contribution is -0.0512. The highest BCUT2D eigenvalue weighted by molar-refractivity contribution is 14.0. The molecule has 0 saturated carbocycles. The minimum atomic E-state index is -2.88. The van der Waals surface area contributed by atoms with E-state index >= 15 is 0 Å². The SMILES string of the molecule is CN=C(NCCc1ccc(OC)c(OC(F)F)c1)NCC(C)(C)SC.I. The van der Waals surface area contributed by atoms with Crippen LogP contribution in [0, 0.1) is 0 Å². The summed E-state index contributed by atoms with van der Waals surface area (Å²) in [6.45, 7) is 2.81. The Morgan fingerprint density at radius 3 is 2.50 bits per heavy atom. The van der Waals surface area contributed by atoms with Crippen LogP contribution in [0.15, 0.2) is 23.2 Å². The van der Waals surface area contributed by atoms with Gasteiger partial charge in [0.2, 0.25) is 0 Å². The maximum Gasteiger partial charge on any atom is 0.387 e. The van der Waals surface area contributed by atoms with Crippen LogP contribution in [0.25, 0.3) is 0 Å². The van der Waals surface area contributed by atoms with Crippen LogP contribution in [0.5, 0.6) is 11.5 Å². The molecule has 0 fully saturated rings. The number of guanidine groups is 1. The zero-order chi connectivity index (χ0) is 18.9. The van der Waals surface area contributed by atoms with Gasteiger partial charge in [-0.05, 0) is 44.2 Å². The lowest BCUT2D eigenvalue weighted by Crippen LogP contribution is -2.43. The molecule has 0 unspecified atom stereocenters. The maximum absolute atomic E-state index is 12.5. The van der Waals surface area contributed by atoms with E-state index < -0.39 is 6.61 Å². The summed E-state index contributed by atoms with van der Waals surface area (Å²) >= 11 is 1.78. The number of benzene rings is 1. The second kappa shape index (κ2) is 12.4. The first kappa shape index (κ1) is 25.0. The summed E-state index contributed by atoms with van der Waals surface area (Å²) < 4.78 is 34.6. The first-order chi connectivity index (χ1) is 11.8. The summed E-state index contributed by atoms with van der Waals surface area (Å²) in [4.78, 5) is 4.18. The van der Waals surface area contributed by atoms with Crippen molar-refractivity contribution in [1.82, 2.24) is 10.6 Å². The van der Waals surface area contributed by atoms with Crippen LogP contribution in [-0.4, -0.2) is 50.8 Å². The highest BCUT2D eigenvalue weighted by Crippen LogP contribution is 2.29. The third-order valence-corrected chi connectivity index (χ3v) is 4.86. The molecule has 26 heavy (non-hydrogen) atoms. The van der Waals surface area contributed by atoms with Crippen molar-refractivity contribution in [3.8, 4) is 11.5 Å². The Morgan fingerprint density at radius 2 is 1.96 bits per heavy atom. The first-order valence-corrected chi connectivity index (χ1v) is 9.15. The Labute approximate surface area is 175 Å². The number of rotatable bonds is 9. The van der Waals surface area contributed by atoms with Crippen LogP contribution in [0.3, 0.4) is 0 Å². The van der Waals surface area contributed by atoms with Gasteiger partial charge in [-0.1, -0.05) is 6.07 Å². The number of hydrogen-bond acceptors (Lipinski definition) is 4. The molecule has 0 aliphatic carbocycles. The number of thioether (sulfide) groups is 1. The molecule has 0 aromatic heterocycles. The molecule has 0 atom stereocenters. The van der Waals surface area contributed by atoms with Gasteiger partial charge in [0.15, 0.2) is 17.5 Å². The number of ether oxygens (including phenoxy) is 2. The normalized spacial score (nSPS) is 11.8. The number of aliphatic imine (C=N–C) groups is 1. The van der Waals surface area contributed by atoms with E-state index in [0.29, 0.717) is 18.9 Å². The van der Waals surface area contributed by atoms with E-state index in [4.69, 9.17) is 4.74 Å². The predicted octanol–water partition coefficient (Wildman–Crippen LogP) is 3.76. The third-order valence-electron chi connectivity index (χ3n) is 3.61. The maximum atomic E-state index is 12.5. The van der Waals surface area contributed by atoms with Crippen molar-refractivity contribution in [3.05, 3.63) is 23.8 Å². The molecule has 2 N–H and O–H groups in total. The summed E-state index contributed by atoms with van der Waals surface area (Å²) in [5.74, 6) is 1.03. The molecule has 1 rings (SSSR count). The monoisotopic (exact) mass is 503 g/mol. The minimum Gasteiger partial charge on any atom is -0.493 e. The van der Waals surface area contributed by atoms with Crippen LogP contribution in [0.2, 0.25) is 0 Å². The van der Waals surface area contributed by atoms with E-state index in [-0.39, 0.29) is 40.2 Å². The zero-order valence-electron chi connectivity index (χ0n) is 15.8. The number of halogens is 3. The second-order valence-corrected chi connectivity index (χ2v) is 7.44. The van der Waals surface area contributed by atoms with E-state index in [0.717, 1.165) is 12.1 Å². The van der Waals surface area contributed by atoms with Crippen molar-refractivity contribution in [2.45, 2.75) is 31.6 Å². The molecule has 1 aromatic carbocycles. The Hall–Kier alpha value is -0.970. The lowest BCUT2D eigenvalue weighted by atomic mass is 10.1. The van der Waals surface area contributed by atoms with E-state index in [2.05, 4.69) is 40.5 Å². The minimum absolute atomic E-state index is 0. The number of alkyl halides is 2. The molecular weight excluding hydrogens is 475 g/mol. The number of nitrogens with one attached hydrogen (secondary N) is 2. The van der Waals surface area contributed by atoms with Gasteiger partial charge >= 0.3 is 6.61 Å². The summed E-state index contributed by atoms with van der Waals surface area (Å²) in [6, 6.07) is 5.02. The number of nitrogens with zero attached hydrogens (tertiary/aromatic N) is 1.